The van der Waals surface area contributed by atoms with Gasteiger partial charge in [-0.05, 0) is 42.2 Å². The second-order valence-electron chi connectivity index (χ2n) is 7.97. The van der Waals surface area contributed by atoms with Crippen molar-refractivity contribution in [2.75, 3.05) is 26.3 Å². The molecule has 0 amide bonds. The van der Waals surface area contributed by atoms with Gasteiger partial charge < -0.3 is 24.7 Å². The minimum absolute atomic E-state index is 0.598. The van der Waals surface area contributed by atoms with E-state index in [0.29, 0.717) is 19.8 Å². The molecule has 8 heteroatoms. The number of aromatic nitrogens is 3. The van der Waals surface area contributed by atoms with Gasteiger partial charge in [-0.3, -0.25) is 0 Å². The van der Waals surface area contributed by atoms with Crippen LogP contribution in [0.4, 0.5) is 0 Å². The van der Waals surface area contributed by atoms with Gasteiger partial charge in [0, 0.05) is 26.1 Å². The zero-order valence-corrected chi connectivity index (χ0v) is 19.4. The van der Waals surface area contributed by atoms with E-state index in [0.717, 1.165) is 55.8 Å². The summed E-state index contributed by atoms with van der Waals surface area (Å²) < 4.78 is 13.4. The topological polar surface area (TPSA) is 85.6 Å². The standard InChI is InChI=1S/C25H32N6O2/c1-3-24-30-29-18-31(24)13-12-27-25(28-17-21-7-5-4-6-19(21)2)26-11-10-20-8-9-22-23(16-20)33-15-14-32-22/h4-9,16,18H,3,10-15,17H2,1-2H3,(H2,26,27,28). The van der Waals surface area contributed by atoms with Crippen molar-refractivity contribution < 1.29 is 9.47 Å². The zero-order valence-electron chi connectivity index (χ0n) is 19.4. The molecule has 0 bridgehead atoms. The monoisotopic (exact) mass is 448 g/mol. The van der Waals surface area contributed by atoms with Crippen LogP contribution in [-0.2, 0) is 25.9 Å². The molecule has 0 radical (unpaired) electrons. The predicted molar refractivity (Wildman–Crippen MR) is 129 cm³/mol. The number of nitrogens with one attached hydrogen (secondary N) is 2. The maximum Gasteiger partial charge on any atom is 0.191 e. The normalized spacial score (nSPS) is 13.1. The lowest BCUT2D eigenvalue weighted by Gasteiger charge is -2.19. The Balaban J connectivity index is 1.36. The zero-order chi connectivity index (χ0) is 22.9. The molecule has 2 aromatic carbocycles. The Labute approximate surface area is 195 Å². The van der Waals surface area contributed by atoms with Crippen LogP contribution in [0, 0.1) is 6.92 Å². The van der Waals surface area contributed by atoms with Crippen molar-refractivity contribution in [1.29, 1.82) is 0 Å². The lowest BCUT2D eigenvalue weighted by molar-refractivity contribution is 0.171. The summed E-state index contributed by atoms with van der Waals surface area (Å²) >= 11 is 0. The fourth-order valence-corrected chi connectivity index (χ4v) is 3.73. The summed E-state index contributed by atoms with van der Waals surface area (Å²) in [6.45, 7) is 8.30. The predicted octanol–water partition coefficient (Wildman–Crippen LogP) is 2.90. The van der Waals surface area contributed by atoms with Crippen molar-refractivity contribution >= 4 is 5.96 Å². The van der Waals surface area contributed by atoms with Crippen LogP contribution in [0.15, 0.2) is 53.8 Å². The largest absolute Gasteiger partial charge is 0.486 e. The number of hydrogen-bond acceptors (Lipinski definition) is 5. The molecule has 8 nitrogen and oxygen atoms in total. The van der Waals surface area contributed by atoms with Crippen LogP contribution in [-0.4, -0.2) is 47.0 Å². The summed E-state index contributed by atoms with van der Waals surface area (Å²) in [5, 5.41) is 15.1. The molecule has 4 rings (SSSR count). The van der Waals surface area contributed by atoms with E-state index in [9.17, 15) is 0 Å². The fourth-order valence-electron chi connectivity index (χ4n) is 3.73. The molecule has 2 heterocycles. The van der Waals surface area contributed by atoms with Crippen molar-refractivity contribution in [3.63, 3.8) is 0 Å². The smallest absolute Gasteiger partial charge is 0.191 e. The molecule has 0 unspecified atom stereocenters. The molecule has 0 saturated carbocycles. The number of aliphatic imine (C=N–C) groups is 1. The van der Waals surface area contributed by atoms with Gasteiger partial charge in [0.25, 0.3) is 0 Å². The number of rotatable bonds is 9. The van der Waals surface area contributed by atoms with E-state index in [1.807, 2.05) is 6.07 Å². The number of nitrogens with zero attached hydrogens (tertiary/aromatic N) is 4. The summed E-state index contributed by atoms with van der Waals surface area (Å²) in [4.78, 5) is 4.83. The Bertz CT molecular complexity index is 1080. The van der Waals surface area contributed by atoms with Gasteiger partial charge in [-0.2, -0.15) is 0 Å². The first kappa shape index (κ1) is 22.6. The fraction of sp³-hybridized carbons (Fsp3) is 0.400. The molecule has 1 aromatic heterocycles. The Morgan fingerprint density at radius 2 is 1.88 bits per heavy atom. The first-order valence-corrected chi connectivity index (χ1v) is 11.5. The highest BCUT2D eigenvalue weighted by molar-refractivity contribution is 5.79. The summed E-state index contributed by atoms with van der Waals surface area (Å²) in [5.41, 5.74) is 3.66. The van der Waals surface area contributed by atoms with Crippen molar-refractivity contribution in [3.8, 4) is 11.5 Å². The highest BCUT2D eigenvalue weighted by atomic mass is 16.6. The maximum atomic E-state index is 5.70. The van der Waals surface area contributed by atoms with Crippen LogP contribution in [0.3, 0.4) is 0 Å². The molecule has 0 fully saturated rings. The van der Waals surface area contributed by atoms with Crippen LogP contribution < -0.4 is 20.1 Å². The first-order valence-electron chi connectivity index (χ1n) is 11.5. The number of aryl methyl sites for hydroxylation is 2. The Morgan fingerprint density at radius 3 is 2.73 bits per heavy atom. The van der Waals surface area contributed by atoms with Gasteiger partial charge in [-0.15, -0.1) is 10.2 Å². The van der Waals surface area contributed by atoms with Gasteiger partial charge in [0.15, 0.2) is 17.5 Å². The average Bonchev–Trinajstić information content (AvgIpc) is 3.30. The molecule has 0 aliphatic carbocycles. The molecule has 174 valence electrons. The second kappa shape index (κ2) is 11.4. The summed E-state index contributed by atoms with van der Waals surface area (Å²) in [6.07, 6.45) is 3.50. The van der Waals surface area contributed by atoms with Gasteiger partial charge in [-0.25, -0.2) is 4.99 Å². The molecule has 3 aromatic rings. The minimum Gasteiger partial charge on any atom is -0.486 e. The molecule has 2 N–H and O–H groups in total. The van der Waals surface area contributed by atoms with Crippen LogP contribution in [0.2, 0.25) is 0 Å². The minimum atomic E-state index is 0.598. The third-order valence-corrected chi connectivity index (χ3v) is 5.64. The second-order valence-corrected chi connectivity index (χ2v) is 7.97. The van der Waals surface area contributed by atoms with E-state index in [4.69, 9.17) is 14.5 Å². The maximum absolute atomic E-state index is 5.70. The summed E-state index contributed by atoms with van der Waals surface area (Å²) in [7, 11) is 0. The number of ether oxygens (including phenoxy) is 2. The van der Waals surface area contributed by atoms with Crippen molar-refractivity contribution in [3.05, 3.63) is 71.3 Å². The van der Waals surface area contributed by atoms with Crippen LogP contribution in [0.25, 0.3) is 0 Å². The molecular weight excluding hydrogens is 416 g/mol. The van der Waals surface area contributed by atoms with Gasteiger partial charge in [-0.1, -0.05) is 37.3 Å². The molecule has 0 saturated heterocycles. The number of guanidine groups is 1. The van der Waals surface area contributed by atoms with Crippen molar-refractivity contribution in [2.45, 2.75) is 39.8 Å². The van der Waals surface area contributed by atoms with Gasteiger partial charge in [0.05, 0.1) is 6.54 Å². The molecule has 0 spiro atoms. The molecule has 0 atom stereocenters. The van der Waals surface area contributed by atoms with E-state index >= 15 is 0 Å². The van der Waals surface area contributed by atoms with E-state index < -0.39 is 0 Å². The summed E-state index contributed by atoms with van der Waals surface area (Å²) in [6, 6.07) is 14.5. The van der Waals surface area contributed by atoms with Gasteiger partial charge >= 0.3 is 0 Å². The van der Waals surface area contributed by atoms with E-state index in [2.05, 4.69) is 75.6 Å². The number of hydrogen-bond donors (Lipinski definition) is 2. The quantitative estimate of drug-likeness (QED) is 0.387. The van der Waals surface area contributed by atoms with Crippen molar-refractivity contribution in [1.82, 2.24) is 25.4 Å². The van der Waals surface area contributed by atoms with E-state index in [1.165, 1.54) is 16.7 Å². The van der Waals surface area contributed by atoms with Crippen LogP contribution >= 0.6 is 0 Å². The SMILES string of the molecule is CCc1nncn1CCNC(=NCc1ccccc1C)NCCc1ccc2c(c1)OCCO2. The molecule has 1 aliphatic rings. The highest BCUT2D eigenvalue weighted by Crippen LogP contribution is 2.30. The Morgan fingerprint density at radius 1 is 1.06 bits per heavy atom. The lowest BCUT2D eigenvalue weighted by Crippen LogP contribution is -2.40. The number of benzene rings is 2. The van der Waals surface area contributed by atoms with Crippen LogP contribution in [0.5, 0.6) is 11.5 Å². The molecule has 33 heavy (non-hydrogen) atoms. The molecular formula is C25H32N6O2. The Hall–Kier alpha value is -3.55. The average molecular weight is 449 g/mol. The van der Waals surface area contributed by atoms with Crippen LogP contribution in [0.1, 0.15) is 29.4 Å². The first-order chi connectivity index (χ1) is 16.2. The third kappa shape index (κ3) is 6.25. The van der Waals surface area contributed by atoms with Crippen molar-refractivity contribution in [2.24, 2.45) is 4.99 Å². The molecule has 1 aliphatic heterocycles. The van der Waals surface area contributed by atoms with E-state index in [1.54, 1.807) is 6.33 Å². The van der Waals surface area contributed by atoms with E-state index in [-0.39, 0.29) is 0 Å². The van der Waals surface area contributed by atoms with Gasteiger partial charge in [0.2, 0.25) is 0 Å². The van der Waals surface area contributed by atoms with Gasteiger partial charge in [0.1, 0.15) is 25.4 Å². The summed E-state index contributed by atoms with van der Waals surface area (Å²) in [5.74, 6) is 3.43. The third-order valence-electron chi connectivity index (χ3n) is 5.64. The highest BCUT2D eigenvalue weighted by Gasteiger charge is 2.11. The number of fused-ring (bicyclic) bond motifs is 1. The Kier molecular flexibility index (Phi) is 7.79. The lowest BCUT2D eigenvalue weighted by atomic mass is 10.1.